The van der Waals surface area contributed by atoms with Crippen LogP contribution in [-0.4, -0.2) is 25.7 Å². The van der Waals surface area contributed by atoms with Gasteiger partial charge in [-0.3, -0.25) is 0 Å². The van der Waals surface area contributed by atoms with Gasteiger partial charge in [-0.1, -0.05) is 55.3 Å². The molecule has 4 rings (SSSR count). The molecule has 0 bridgehead atoms. The molecule has 1 saturated carbocycles. The van der Waals surface area contributed by atoms with Crippen LogP contribution in [0.3, 0.4) is 0 Å². The van der Waals surface area contributed by atoms with Crippen LogP contribution >= 0.6 is 0 Å². The molecule has 3 aromatic heterocycles. The number of anilines is 1. The molecule has 162 valence electrons. The summed E-state index contributed by atoms with van der Waals surface area (Å²) in [6.45, 7) is 10.5. The molecular weight excluding hydrogens is 386 g/mol. The summed E-state index contributed by atoms with van der Waals surface area (Å²) < 4.78 is 7.61. The van der Waals surface area contributed by atoms with Gasteiger partial charge in [-0.25, -0.2) is 4.98 Å². The highest BCUT2D eigenvalue weighted by molar-refractivity contribution is 5.82. The molecule has 3 aromatic rings. The van der Waals surface area contributed by atoms with Crippen LogP contribution in [0.15, 0.2) is 53.2 Å². The van der Waals surface area contributed by atoms with Crippen molar-refractivity contribution in [3.63, 3.8) is 0 Å². The number of aryl methyl sites for hydroxylation is 2. The van der Waals surface area contributed by atoms with E-state index >= 15 is 0 Å². The van der Waals surface area contributed by atoms with E-state index < -0.39 is 0 Å². The molecule has 1 aliphatic carbocycles. The predicted molar refractivity (Wildman–Crippen MR) is 126 cm³/mol. The Balaban J connectivity index is 1.81. The SMILES string of the molecule is C=C/C=C(\C=C/C)Cn1c(NC2CCCCC2)nc2ncc(-c3c(C)noc3C)cc21. The molecule has 0 aliphatic heterocycles. The number of nitrogens with zero attached hydrogens (tertiary/aromatic N) is 4. The van der Waals surface area contributed by atoms with Crippen LogP contribution in [-0.2, 0) is 6.54 Å². The number of nitrogens with one attached hydrogen (secondary N) is 1. The van der Waals surface area contributed by atoms with Gasteiger partial charge in [0.25, 0.3) is 0 Å². The number of fused-ring (bicyclic) bond motifs is 1. The van der Waals surface area contributed by atoms with Crippen molar-refractivity contribution >= 4 is 17.1 Å². The lowest BCUT2D eigenvalue weighted by atomic mass is 9.96. The van der Waals surface area contributed by atoms with Crippen LogP contribution in [0.25, 0.3) is 22.3 Å². The van der Waals surface area contributed by atoms with Crippen molar-refractivity contribution in [2.45, 2.75) is 65.5 Å². The lowest BCUT2D eigenvalue weighted by Crippen LogP contribution is -2.24. The van der Waals surface area contributed by atoms with Gasteiger partial charge in [0.05, 0.1) is 17.8 Å². The van der Waals surface area contributed by atoms with E-state index in [0.717, 1.165) is 45.3 Å². The highest BCUT2D eigenvalue weighted by Gasteiger charge is 2.20. The number of hydrogen-bond acceptors (Lipinski definition) is 5. The highest BCUT2D eigenvalue weighted by Crippen LogP contribution is 2.31. The fourth-order valence-electron chi connectivity index (χ4n) is 4.45. The van der Waals surface area contributed by atoms with E-state index in [0.29, 0.717) is 12.6 Å². The van der Waals surface area contributed by atoms with Gasteiger partial charge >= 0.3 is 0 Å². The van der Waals surface area contributed by atoms with Gasteiger partial charge in [0, 0.05) is 23.4 Å². The van der Waals surface area contributed by atoms with Gasteiger partial charge in [0.2, 0.25) is 5.95 Å². The molecule has 31 heavy (non-hydrogen) atoms. The lowest BCUT2D eigenvalue weighted by Gasteiger charge is -2.23. The Morgan fingerprint density at radius 3 is 2.77 bits per heavy atom. The monoisotopic (exact) mass is 417 g/mol. The van der Waals surface area contributed by atoms with E-state index in [1.54, 1.807) is 0 Å². The Kier molecular flexibility index (Phi) is 6.35. The Labute approximate surface area is 183 Å². The molecule has 0 amide bonds. The fourth-order valence-corrected chi connectivity index (χ4v) is 4.45. The molecule has 3 heterocycles. The van der Waals surface area contributed by atoms with Gasteiger partial charge in [0.1, 0.15) is 5.76 Å². The van der Waals surface area contributed by atoms with Gasteiger partial charge in [-0.05, 0) is 45.3 Å². The van der Waals surface area contributed by atoms with Crippen LogP contribution in [0.1, 0.15) is 50.5 Å². The highest BCUT2D eigenvalue weighted by atomic mass is 16.5. The van der Waals surface area contributed by atoms with Crippen molar-refractivity contribution < 1.29 is 4.52 Å². The van der Waals surface area contributed by atoms with Crippen molar-refractivity contribution in [2.75, 3.05) is 5.32 Å². The number of aromatic nitrogens is 4. The summed E-state index contributed by atoms with van der Waals surface area (Å²) in [5.74, 6) is 1.68. The maximum atomic E-state index is 5.38. The first-order chi connectivity index (χ1) is 15.1. The van der Waals surface area contributed by atoms with E-state index in [9.17, 15) is 0 Å². The molecule has 1 N–H and O–H groups in total. The summed E-state index contributed by atoms with van der Waals surface area (Å²) in [6, 6.07) is 2.61. The van der Waals surface area contributed by atoms with Crippen molar-refractivity contribution in [1.82, 2.24) is 19.7 Å². The molecule has 1 aliphatic rings. The van der Waals surface area contributed by atoms with E-state index in [2.05, 4.69) is 39.8 Å². The average molecular weight is 418 g/mol. The zero-order valence-corrected chi connectivity index (χ0v) is 18.7. The molecule has 0 unspecified atom stereocenters. The molecule has 0 saturated heterocycles. The normalized spacial score (nSPS) is 15.8. The first kappa shape index (κ1) is 21.1. The topological polar surface area (TPSA) is 68.8 Å². The minimum absolute atomic E-state index is 0.458. The Hall–Kier alpha value is -3.15. The van der Waals surface area contributed by atoms with E-state index in [4.69, 9.17) is 14.5 Å². The number of hydrogen-bond donors (Lipinski definition) is 1. The molecule has 6 heteroatoms. The smallest absolute Gasteiger partial charge is 0.205 e. The maximum Gasteiger partial charge on any atom is 0.205 e. The lowest BCUT2D eigenvalue weighted by molar-refractivity contribution is 0.393. The minimum atomic E-state index is 0.458. The Morgan fingerprint density at radius 1 is 1.29 bits per heavy atom. The molecule has 0 atom stereocenters. The molecule has 6 nitrogen and oxygen atoms in total. The zero-order chi connectivity index (χ0) is 21.8. The van der Waals surface area contributed by atoms with Gasteiger partial charge in [0.15, 0.2) is 5.65 Å². The van der Waals surface area contributed by atoms with E-state index in [1.165, 1.54) is 32.1 Å². The molecule has 0 aromatic carbocycles. The second kappa shape index (κ2) is 9.33. The van der Waals surface area contributed by atoms with Gasteiger partial charge in [-0.2, -0.15) is 4.98 Å². The quantitative estimate of drug-likeness (QED) is 0.468. The summed E-state index contributed by atoms with van der Waals surface area (Å²) >= 11 is 0. The van der Waals surface area contributed by atoms with Crippen LogP contribution in [0.4, 0.5) is 5.95 Å². The van der Waals surface area contributed by atoms with Gasteiger partial charge < -0.3 is 14.4 Å². The molecule has 1 fully saturated rings. The number of pyridine rings is 1. The summed E-state index contributed by atoms with van der Waals surface area (Å²) in [5.41, 5.74) is 5.76. The molecule has 0 spiro atoms. The van der Waals surface area contributed by atoms with Crippen LogP contribution in [0.2, 0.25) is 0 Å². The van der Waals surface area contributed by atoms with Crippen LogP contribution in [0.5, 0.6) is 0 Å². The number of rotatable bonds is 7. The standard InChI is InChI=1S/C25H31N5O/c1-5-10-19(11-6-2)16-30-22-14-20(23-17(3)29-31-18(23)4)15-26-24(22)28-25(30)27-21-12-8-7-9-13-21/h5-6,10-11,14-15,21H,1,7-9,12-13,16H2,2-4H3,(H,26,27,28)/b11-6-,19-10+. The van der Waals surface area contributed by atoms with Crippen molar-refractivity contribution in [3.8, 4) is 11.1 Å². The second-order valence-corrected chi connectivity index (χ2v) is 8.24. The van der Waals surface area contributed by atoms with Crippen LogP contribution < -0.4 is 5.32 Å². The summed E-state index contributed by atoms with van der Waals surface area (Å²) in [5, 5.41) is 7.82. The fraction of sp³-hybridized carbons (Fsp3) is 0.400. The summed E-state index contributed by atoms with van der Waals surface area (Å²) in [4.78, 5) is 9.57. The van der Waals surface area contributed by atoms with Crippen LogP contribution in [0, 0.1) is 13.8 Å². The summed E-state index contributed by atoms with van der Waals surface area (Å²) in [7, 11) is 0. The second-order valence-electron chi connectivity index (χ2n) is 8.24. The first-order valence-electron chi connectivity index (χ1n) is 11.1. The maximum absolute atomic E-state index is 5.38. The number of allylic oxidation sites excluding steroid dienone is 5. The third-order valence-electron chi connectivity index (χ3n) is 5.92. The third kappa shape index (κ3) is 4.48. The first-order valence-corrected chi connectivity index (χ1v) is 11.1. The third-order valence-corrected chi connectivity index (χ3v) is 5.92. The van der Waals surface area contributed by atoms with Crippen molar-refractivity contribution in [3.05, 3.63) is 60.2 Å². The van der Waals surface area contributed by atoms with Crippen molar-refractivity contribution in [2.24, 2.45) is 0 Å². The Morgan fingerprint density at radius 2 is 2.10 bits per heavy atom. The Bertz CT molecular complexity index is 1110. The van der Waals surface area contributed by atoms with E-state index in [-0.39, 0.29) is 0 Å². The molecular formula is C25H31N5O. The largest absolute Gasteiger partial charge is 0.361 e. The number of imidazole rings is 1. The average Bonchev–Trinajstić information content (AvgIpc) is 3.28. The van der Waals surface area contributed by atoms with E-state index in [1.807, 2.05) is 39.1 Å². The molecule has 0 radical (unpaired) electrons. The van der Waals surface area contributed by atoms with Gasteiger partial charge in [-0.15, -0.1) is 0 Å². The van der Waals surface area contributed by atoms with Crippen molar-refractivity contribution in [1.29, 1.82) is 0 Å². The minimum Gasteiger partial charge on any atom is -0.361 e. The predicted octanol–water partition coefficient (Wildman–Crippen LogP) is 6.14. The zero-order valence-electron chi connectivity index (χ0n) is 18.7. The summed E-state index contributed by atoms with van der Waals surface area (Å²) in [6.07, 6.45) is 16.1.